The van der Waals surface area contributed by atoms with E-state index in [0.717, 1.165) is 61.8 Å². The minimum Gasteiger partial charge on any atom is -0.383 e. The Morgan fingerprint density at radius 2 is 2.00 bits per heavy atom. The number of nitrogens with zero attached hydrogens (tertiary/aromatic N) is 4. The highest BCUT2D eigenvalue weighted by Crippen LogP contribution is 2.23. The van der Waals surface area contributed by atoms with Crippen LogP contribution in [0.15, 0.2) is 48.2 Å². The molecule has 0 bridgehead atoms. The molecule has 2 aromatic rings. The van der Waals surface area contributed by atoms with Crippen molar-refractivity contribution in [2.75, 3.05) is 42.9 Å². The zero-order valence-electron chi connectivity index (χ0n) is 16.1. The van der Waals surface area contributed by atoms with Gasteiger partial charge in [0.1, 0.15) is 5.69 Å². The standard InChI is InChI=1S/C21H23ClN6S/c1-2-15-3-5-17(6-4-15)27-9-11-28(12-10-27)21(29)26-25-18-7-8-23-19-13-16(22)14-24-20(18)19/h2-6,13-14,23H,1,7-12H2,(H,26,29)/b25-18-. The van der Waals surface area contributed by atoms with Crippen molar-refractivity contribution in [3.63, 3.8) is 0 Å². The van der Waals surface area contributed by atoms with Crippen LogP contribution in [0.25, 0.3) is 6.08 Å². The second kappa shape index (κ2) is 8.80. The van der Waals surface area contributed by atoms with E-state index in [-0.39, 0.29) is 0 Å². The monoisotopic (exact) mass is 426 g/mol. The summed E-state index contributed by atoms with van der Waals surface area (Å²) in [6, 6.07) is 10.3. The Morgan fingerprint density at radius 3 is 2.72 bits per heavy atom. The first-order valence-electron chi connectivity index (χ1n) is 9.63. The fourth-order valence-electron chi connectivity index (χ4n) is 3.52. The molecule has 3 heterocycles. The number of benzene rings is 1. The van der Waals surface area contributed by atoms with E-state index >= 15 is 0 Å². The van der Waals surface area contributed by atoms with Gasteiger partial charge in [-0.3, -0.25) is 10.4 Å². The molecule has 4 rings (SSSR count). The fourth-order valence-corrected chi connectivity index (χ4v) is 3.91. The Labute approximate surface area is 181 Å². The minimum absolute atomic E-state index is 0.609. The molecule has 2 N–H and O–H groups in total. The van der Waals surface area contributed by atoms with Gasteiger partial charge in [0.25, 0.3) is 0 Å². The third-order valence-electron chi connectivity index (χ3n) is 5.15. The zero-order chi connectivity index (χ0) is 20.2. The first-order valence-corrected chi connectivity index (χ1v) is 10.4. The topological polar surface area (TPSA) is 55.8 Å². The van der Waals surface area contributed by atoms with Gasteiger partial charge in [-0.2, -0.15) is 5.10 Å². The number of anilines is 2. The van der Waals surface area contributed by atoms with Gasteiger partial charge < -0.3 is 15.1 Å². The minimum atomic E-state index is 0.609. The molecule has 0 unspecified atom stereocenters. The van der Waals surface area contributed by atoms with Crippen molar-refractivity contribution in [3.8, 4) is 0 Å². The summed E-state index contributed by atoms with van der Waals surface area (Å²) in [5, 5.41) is 9.10. The Morgan fingerprint density at radius 1 is 1.24 bits per heavy atom. The predicted octanol–water partition coefficient (Wildman–Crippen LogP) is 3.59. The molecule has 0 atom stereocenters. The van der Waals surface area contributed by atoms with Gasteiger partial charge in [-0.1, -0.05) is 36.4 Å². The summed E-state index contributed by atoms with van der Waals surface area (Å²) in [6.07, 6.45) is 4.28. The normalized spacial score (nSPS) is 17.5. The lowest BCUT2D eigenvalue weighted by Gasteiger charge is -2.37. The Bertz CT molecular complexity index is 935. The van der Waals surface area contributed by atoms with Crippen LogP contribution in [0.4, 0.5) is 11.4 Å². The van der Waals surface area contributed by atoms with Crippen molar-refractivity contribution in [3.05, 3.63) is 59.4 Å². The molecule has 6 nitrogen and oxygen atoms in total. The highest BCUT2D eigenvalue weighted by Gasteiger charge is 2.20. The molecular weight excluding hydrogens is 404 g/mol. The van der Waals surface area contributed by atoms with Gasteiger partial charge in [0.15, 0.2) is 5.11 Å². The molecule has 1 aromatic carbocycles. The summed E-state index contributed by atoms with van der Waals surface area (Å²) in [5.41, 5.74) is 8.04. The van der Waals surface area contributed by atoms with E-state index in [4.69, 9.17) is 23.8 Å². The molecule has 1 fully saturated rings. The Balaban J connectivity index is 1.35. The van der Waals surface area contributed by atoms with Gasteiger partial charge in [0.2, 0.25) is 0 Å². The second-order valence-corrected chi connectivity index (χ2v) is 7.79. The number of fused-ring (bicyclic) bond motifs is 1. The average molecular weight is 427 g/mol. The van der Waals surface area contributed by atoms with Gasteiger partial charge >= 0.3 is 0 Å². The maximum atomic E-state index is 6.03. The summed E-state index contributed by atoms with van der Waals surface area (Å²) in [4.78, 5) is 8.94. The van der Waals surface area contributed by atoms with Gasteiger partial charge in [-0.25, -0.2) is 0 Å². The molecule has 0 amide bonds. The van der Waals surface area contributed by atoms with E-state index in [1.54, 1.807) is 6.20 Å². The fraction of sp³-hybridized carbons (Fsp3) is 0.286. The van der Waals surface area contributed by atoms with E-state index in [9.17, 15) is 0 Å². The number of nitrogens with one attached hydrogen (secondary N) is 2. The molecule has 2 aliphatic heterocycles. The Kier molecular flexibility index (Phi) is 5.97. The van der Waals surface area contributed by atoms with Crippen LogP contribution in [-0.4, -0.2) is 53.4 Å². The quantitative estimate of drug-likeness (QED) is 0.577. The lowest BCUT2D eigenvalue weighted by Crippen LogP contribution is -2.51. The van der Waals surface area contributed by atoms with Crippen LogP contribution in [0, 0.1) is 0 Å². The van der Waals surface area contributed by atoms with Gasteiger partial charge in [-0.05, 0) is 36.0 Å². The van der Waals surface area contributed by atoms with E-state index in [2.05, 4.69) is 61.5 Å². The number of pyridine rings is 1. The largest absolute Gasteiger partial charge is 0.383 e. The van der Waals surface area contributed by atoms with Gasteiger partial charge in [0.05, 0.1) is 16.4 Å². The first-order chi connectivity index (χ1) is 14.1. The van der Waals surface area contributed by atoms with Gasteiger partial charge in [-0.15, -0.1) is 0 Å². The van der Waals surface area contributed by atoms with Gasteiger partial charge in [0, 0.05) is 51.0 Å². The van der Waals surface area contributed by atoms with Crippen molar-refractivity contribution < 1.29 is 0 Å². The van der Waals surface area contributed by atoms with Crippen molar-refractivity contribution in [2.45, 2.75) is 6.42 Å². The molecule has 2 aliphatic rings. The molecule has 1 saturated heterocycles. The number of halogens is 1. The van der Waals surface area contributed by atoms with E-state index in [1.807, 2.05) is 12.1 Å². The molecule has 1 aromatic heterocycles. The number of hydrazone groups is 1. The van der Waals surface area contributed by atoms with Crippen LogP contribution < -0.4 is 15.6 Å². The lowest BCUT2D eigenvalue weighted by molar-refractivity contribution is 0.381. The summed E-state index contributed by atoms with van der Waals surface area (Å²) in [6.45, 7) is 8.14. The van der Waals surface area contributed by atoms with Crippen LogP contribution in [0.3, 0.4) is 0 Å². The van der Waals surface area contributed by atoms with Crippen LogP contribution in [0.1, 0.15) is 17.7 Å². The highest BCUT2D eigenvalue weighted by molar-refractivity contribution is 7.80. The predicted molar refractivity (Wildman–Crippen MR) is 125 cm³/mol. The third-order valence-corrected chi connectivity index (χ3v) is 5.71. The number of hydrogen-bond acceptors (Lipinski definition) is 5. The summed E-state index contributed by atoms with van der Waals surface area (Å²) in [5.74, 6) is 0. The zero-order valence-corrected chi connectivity index (χ0v) is 17.6. The lowest BCUT2D eigenvalue weighted by atomic mass is 10.1. The van der Waals surface area contributed by atoms with Crippen molar-refractivity contribution in [1.82, 2.24) is 15.3 Å². The first kappa shape index (κ1) is 19.7. The van der Waals surface area contributed by atoms with Crippen molar-refractivity contribution in [2.24, 2.45) is 5.10 Å². The molecule has 0 saturated carbocycles. The smallest absolute Gasteiger partial charge is 0.189 e. The van der Waals surface area contributed by atoms with Crippen LogP contribution in [0.5, 0.6) is 0 Å². The molecule has 8 heteroatoms. The summed E-state index contributed by atoms with van der Waals surface area (Å²) >= 11 is 11.6. The SMILES string of the molecule is C=Cc1ccc(N2CCN(C(=S)N/N=C3/CCNc4cc(Cl)cnc43)CC2)cc1. The Hall–Kier alpha value is -2.64. The second-order valence-electron chi connectivity index (χ2n) is 6.97. The molecule has 150 valence electrons. The average Bonchev–Trinajstić information content (AvgIpc) is 2.77. The maximum Gasteiger partial charge on any atom is 0.189 e. The molecule has 0 aliphatic carbocycles. The van der Waals surface area contributed by atoms with Crippen molar-refractivity contribution in [1.29, 1.82) is 0 Å². The number of piperazine rings is 1. The number of thiocarbonyl (C=S) groups is 1. The maximum absolute atomic E-state index is 6.03. The highest BCUT2D eigenvalue weighted by atomic mass is 35.5. The third kappa shape index (κ3) is 4.52. The van der Waals surface area contributed by atoms with Crippen LogP contribution in [-0.2, 0) is 0 Å². The molecule has 0 radical (unpaired) electrons. The van der Waals surface area contributed by atoms with Crippen LogP contribution >= 0.6 is 23.8 Å². The number of aromatic nitrogens is 1. The number of hydrogen-bond donors (Lipinski definition) is 2. The molecular formula is C21H23ClN6S. The van der Waals surface area contributed by atoms with Crippen LogP contribution in [0.2, 0.25) is 5.02 Å². The van der Waals surface area contributed by atoms with Crippen molar-refractivity contribution >= 4 is 52.1 Å². The van der Waals surface area contributed by atoms with E-state index < -0.39 is 0 Å². The molecule has 29 heavy (non-hydrogen) atoms. The van der Waals surface area contributed by atoms with E-state index in [1.165, 1.54) is 5.69 Å². The summed E-state index contributed by atoms with van der Waals surface area (Å²) in [7, 11) is 0. The number of rotatable bonds is 3. The van der Waals surface area contributed by atoms with E-state index in [0.29, 0.717) is 10.1 Å². The molecule has 0 spiro atoms. The summed E-state index contributed by atoms with van der Waals surface area (Å²) < 4.78 is 0.